The Bertz CT molecular complexity index is 619. The summed E-state index contributed by atoms with van der Waals surface area (Å²) < 4.78 is 19.4. The molecule has 2 rings (SSSR count). The predicted octanol–water partition coefficient (Wildman–Crippen LogP) is 4.36. The van der Waals surface area contributed by atoms with E-state index in [0.717, 1.165) is 15.8 Å². The first-order valence-electron chi connectivity index (χ1n) is 6.29. The fourth-order valence-corrected chi connectivity index (χ4v) is 2.80. The van der Waals surface area contributed by atoms with E-state index >= 15 is 0 Å². The van der Waals surface area contributed by atoms with Crippen LogP contribution in [-0.4, -0.2) is 13.7 Å². The lowest BCUT2D eigenvalue weighted by atomic mass is 10.1. The van der Waals surface area contributed by atoms with E-state index in [1.807, 2.05) is 18.2 Å². The van der Waals surface area contributed by atoms with Crippen LogP contribution in [0.15, 0.2) is 40.9 Å². The molecule has 0 radical (unpaired) electrons. The van der Waals surface area contributed by atoms with Crippen molar-refractivity contribution in [1.82, 2.24) is 0 Å². The van der Waals surface area contributed by atoms with Gasteiger partial charge >= 0.3 is 0 Å². The fourth-order valence-electron chi connectivity index (χ4n) is 2.02. The Hall–Kier alpha value is -1.30. The maximum atomic E-state index is 13.4. The van der Waals surface area contributed by atoms with Gasteiger partial charge in [-0.15, -0.1) is 0 Å². The van der Waals surface area contributed by atoms with Crippen LogP contribution in [0.2, 0.25) is 5.02 Å². The highest BCUT2D eigenvalue weighted by atomic mass is 79.9. The number of nitrogens with one attached hydrogen (secondary N) is 1. The molecule has 2 aromatic carbocycles. The van der Waals surface area contributed by atoms with Gasteiger partial charge in [-0.3, -0.25) is 0 Å². The fraction of sp³-hybridized carbons (Fsp3) is 0.200. The molecule has 1 unspecified atom stereocenters. The van der Waals surface area contributed by atoms with E-state index in [-0.39, 0.29) is 6.04 Å². The van der Waals surface area contributed by atoms with Gasteiger partial charge in [-0.2, -0.15) is 0 Å². The molecule has 0 aromatic heterocycles. The van der Waals surface area contributed by atoms with E-state index in [1.54, 1.807) is 13.2 Å². The maximum absolute atomic E-state index is 13.4. The van der Waals surface area contributed by atoms with Gasteiger partial charge in [0.2, 0.25) is 0 Å². The van der Waals surface area contributed by atoms with Gasteiger partial charge in [-0.25, -0.2) is 4.39 Å². The van der Waals surface area contributed by atoms with Gasteiger partial charge in [-0.1, -0.05) is 17.7 Å². The topological polar surface area (TPSA) is 47.3 Å². The van der Waals surface area contributed by atoms with Gasteiger partial charge in [0, 0.05) is 17.3 Å². The highest BCUT2D eigenvalue weighted by molar-refractivity contribution is 9.10. The van der Waals surface area contributed by atoms with E-state index < -0.39 is 5.82 Å². The van der Waals surface area contributed by atoms with Gasteiger partial charge in [0.1, 0.15) is 11.6 Å². The second kappa shape index (κ2) is 7.11. The number of benzene rings is 2. The van der Waals surface area contributed by atoms with Crippen LogP contribution < -0.4 is 15.8 Å². The zero-order valence-electron chi connectivity index (χ0n) is 11.4. The van der Waals surface area contributed by atoms with Gasteiger partial charge < -0.3 is 15.8 Å². The number of hydrogen-bond acceptors (Lipinski definition) is 3. The number of ether oxygens (including phenoxy) is 1. The summed E-state index contributed by atoms with van der Waals surface area (Å²) >= 11 is 9.29. The van der Waals surface area contributed by atoms with Crippen molar-refractivity contribution in [3.63, 3.8) is 0 Å². The Morgan fingerprint density at radius 3 is 2.67 bits per heavy atom. The molecule has 3 nitrogen and oxygen atoms in total. The van der Waals surface area contributed by atoms with Crippen molar-refractivity contribution in [2.75, 3.05) is 19.0 Å². The molecule has 3 N–H and O–H groups in total. The number of hydrogen-bond donors (Lipinski definition) is 2. The largest absolute Gasteiger partial charge is 0.496 e. The minimum Gasteiger partial charge on any atom is -0.496 e. The van der Waals surface area contributed by atoms with Crippen molar-refractivity contribution in [1.29, 1.82) is 0 Å². The first kappa shape index (κ1) is 16.1. The van der Waals surface area contributed by atoms with E-state index in [9.17, 15) is 4.39 Å². The first-order valence-corrected chi connectivity index (χ1v) is 7.46. The zero-order valence-corrected chi connectivity index (χ0v) is 13.7. The summed E-state index contributed by atoms with van der Waals surface area (Å²) in [7, 11) is 1.60. The SMILES string of the molecule is COc1ccc(C(CN)Nc2cc(F)cc(Cl)c2)cc1Br. The highest BCUT2D eigenvalue weighted by Crippen LogP contribution is 2.29. The van der Waals surface area contributed by atoms with Crippen LogP contribution in [0.25, 0.3) is 0 Å². The lowest BCUT2D eigenvalue weighted by Crippen LogP contribution is -2.20. The minimum absolute atomic E-state index is 0.162. The second-order valence-electron chi connectivity index (χ2n) is 4.48. The normalized spacial score (nSPS) is 12.0. The van der Waals surface area contributed by atoms with E-state index in [2.05, 4.69) is 21.2 Å². The van der Waals surface area contributed by atoms with E-state index in [4.69, 9.17) is 22.1 Å². The molecule has 0 aliphatic carbocycles. The molecular weight excluding hydrogens is 359 g/mol. The third-order valence-corrected chi connectivity index (χ3v) is 3.86. The Morgan fingerprint density at radius 1 is 1.33 bits per heavy atom. The van der Waals surface area contributed by atoms with Gasteiger partial charge in [0.25, 0.3) is 0 Å². The van der Waals surface area contributed by atoms with Crippen LogP contribution in [0.1, 0.15) is 11.6 Å². The van der Waals surface area contributed by atoms with Gasteiger partial charge in [0.05, 0.1) is 17.6 Å². The average molecular weight is 374 g/mol. The van der Waals surface area contributed by atoms with Gasteiger partial charge in [-0.05, 0) is 51.8 Å². The summed E-state index contributed by atoms with van der Waals surface area (Å²) in [5, 5.41) is 3.52. The molecule has 112 valence electrons. The van der Waals surface area contributed by atoms with Crippen molar-refractivity contribution in [2.24, 2.45) is 5.73 Å². The number of rotatable bonds is 5. The third-order valence-electron chi connectivity index (χ3n) is 3.02. The first-order chi connectivity index (χ1) is 10.0. The van der Waals surface area contributed by atoms with Gasteiger partial charge in [0.15, 0.2) is 0 Å². The molecule has 0 amide bonds. The molecule has 0 saturated heterocycles. The van der Waals surface area contributed by atoms with E-state index in [1.165, 1.54) is 12.1 Å². The van der Waals surface area contributed by atoms with Crippen LogP contribution in [0.4, 0.5) is 10.1 Å². The lowest BCUT2D eigenvalue weighted by Gasteiger charge is -2.19. The molecular formula is C15H15BrClFN2O. The molecule has 0 aliphatic rings. The number of halogens is 3. The predicted molar refractivity (Wildman–Crippen MR) is 87.5 cm³/mol. The summed E-state index contributed by atoms with van der Waals surface area (Å²) in [5.41, 5.74) is 7.36. The summed E-state index contributed by atoms with van der Waals surface area (Å²) in [6.45, 7) is 0.354. The molecule has 0 bridgehead atoms. The number of anilines is 1. The van der Waals surface area contributed by atoms with Crippen LogP contribution >= 0.6 is 27.5 Å². The monoisotopic (exact) mass is 372 g/mol. The highest BCUT2D eigenvalue weighted by Gasteiger charge is 2.12. The molecule has 6 heteroatoms. The summed E-state index contributed by atoms with van der Waals surface area (Å²) in [6, 6.07) is 9.82. The minimum atomic E-state index is -0.392. The Kier molecular flexibility index (Phi) is 5.45. The number of methoxy groups -OCH3 is 1. The second-order valence-corrected chi connectivity index (χ2v) is 5.78. The third kappa shape index (κ3) is 4.09. The zero-order chi connectivity index (χ0) is 15.4. The average Bonchev–Trinajstić information content (AvgIpc) is 2.43. The summed E-state index contributed by atoms with van der Waals surface area (Å²) in [5.74, 6) is 0.347. The molecule has 0 aliphatic heterocycles. The van der Waals surface area contributed by atoms with Crippen molar-refractivity contribution in [3.05, 3.63) is 57.3 Å². The van der Waals surface area contributed by atoms with Crippen LogP contribution in [0.5, 0.6) is 5.75 Å². The molecule has 21 heavy (non-hydrogen) atoms. The molecule has 0 spiro atoms. The smallest absolute Gasteiger partial charge is 0.133 e. The molecule has 1 atom stereocenters. The standard InChI is InChI=1S/C15H15BrClFN2O/c1-21-15-3-2-9(4-13(15)16)14(8-19)20-12-6-10(17)5-11(18)7-12/h2-7,14,20H,8,19H2,1H3. The molecule has 0 saturated carbocycles. The van der Waals surface area contributed by atoms with Crippen LogP contribution in [0.3, 0.4) is 0 Å². The quantitative estimate of drug-likeness (QED) is 0.818. The summed E-state index contributed by atoms with van der Waals surface area (Å²) in [6.07, 6.45) is 0. The van der Waals surface area contributed by atoms with Crippen molar-refractivity contribution < 1.29 is 9.13 Å². The Labute approximate surface area is 136 Å². The molecule has 0 fully saturated rings. The van der Waals surface area contributed by atoms with Crippen molar-refractivity contribution in [3.8, 4) is 5.75 Å². The number of nitrogens with two attached hydrogens (primary N) is 1. The summed E-state index contributed by atoms with van der Waals surface area (Å²) in [4.78, 5) is 0. The molecule has 2 aromatic rings. The lowest BCUT2D eigenvalue weighted by molar-refractivity contribution is 0.412. The Balaban J connectivity index is 2.25. The van der Waals surface area contributed by atoms with Crippen LogP contribution in [0, 0.1) is 5.82 Å². The van der Waals surface area contributed by atoms with Crippen molar-refractivity contribution in [2.45, 2.75) is 6.04 Å². The maximum Gasteiger partial charge on any atom is 0.133 e. The van der Waals surface area contributed by atoms with Crippen molar-refractivity contribution >= 4 is 33.2 Å². The van der Waals surface area contributed by atoms with Crippen LogP contribution in [-0.2, 0) is 0 Å². The molecule has 0 heterocycles. The Morgan fingerprint density at radius 2 is 2.10 bits per heavy atom. The van der Waals surface area contributed by atoms with E-state index in [0.29, 0.717) is 17.3 Å².